The van der Waals surface area contributed by atoms with Crippen LogP contribution in [0.15, 0.2) is 0 Å². The Morgan fingerprint density at radius 1 is 1.53 bits per heavy atom. The Morgan fingerprint density at radius 2 is 2.21 bits per heavy atom. The standard InChI is InChI=1S/C15H26N2O2/c1-6-12(2)16-11-13-9-7-8-10-17(13)14(18)19-15(3,4)5/h1,12-13,16H,7-11H2,2-5H3. The Bertz CT molecular complexity index is 341. The van der Waals surface area contributed by atoms with Crippen molar-refractivity contribution in [3.63, 3.8) is 0 Å². The van der Waals surface area contributed by atoms with Crippen molar-refractivity contribution in [3.05, 3.63) is 0 Å². The third-order valence-corrected chi connectivity index (χ3v) is 3.16. The molecule has 2 atom stereocenters. The maximum Gasteiger partial charge on any atom is 0.410 e. The molecule has 1 saturated heterocycles. The first-order valence-corrected chi connectivity index (χ1v) is 7.02. The summed E-state index contributed by atoms with van der Waals surface area (Å²) in [6.45, 7) is 9.12. The van der Waals surface area contributed by atoms with E-state index in [2.05, 4.69) is 11.2 Å². The number of likely N-dealkylation sites (tertiary alicyclic amines) is 1. The minimum atomic E-state index is -0.446. The van der Waals surface area contributed by atoms with Crippen molar-refractivity contribution in [1.82, 2.24) is 10.2 Å². The Labute approximate surface area is 116 Å². The minimum Gasteiger partial charge on any atom is -0.444 e. The molecule has 2 unspecified atom stereocenters. The summed E-state index contributed by atoms with van der Waals surface area (Å²) >= 11 is 0. The SMILES string of the molecule is C#CC(C)NCC1CCCCN1C(=O)OC(C)(C)C. The Balaban J connectivity index is 2.57. The van der Waals surface area contributed by atoms with Crippen molar-refractivity contribution >= 4 is 6.09 Å². The van der Waals surface area contributed by atoms with E-state index >= 15 is 0 Å². The highest BCUT2D eigenvalue weighted by molar-refractivity contribution is 5.68. The van der Waals surface area contributed by atoms with Crippen LogP contribution >= 0.6 is 0 Å². The molecule has 1 amide bonds. The lowest BCUT2D eigenvalue weighted by Gasteiger charge is -2.37. The summed E-state index contributed by atoms with van der Waals surface area (Å²) in [4.78, 5) is 14.0. The number of carbonyl (C=O) groups excluding carboxylic acids is 1. The molecule has 4 heteroatoms. The number of piperidine rings is 1. The van der Waals surface area contributed by atoms with Crippen molar-refractivity contribution < 1.29 is 9.53 Å². The molecule has 0 spiro atoms. The number of terminal acetylenes is 1. The van der Waals surface area contributed by atoms with Crippen LogP contribution < -0.4 is 5.32 Å². The Hall–Kier alpha value is -1.21. The molecule has 0 aromatic rings. The fourth-order valence-corrected chi connectivity index (χ4v) is 2.15. The van der Waals surface area contributed by atoms with Crippen molar-refractivity contribution in [2.75, 3.05) is 13.1 Å². The number of nitrogens with zero attached hydrogens (tertiary/aromatic N) is 1. The highest BCUT2D eigenvalue weighted by Gasteiger charge is 2.30. The molecule has 0 saturated carbocycles. The third kappa shape index (κ3) is 5.52. The second kappa shape index (κ2) is 6.81. The highest BCUT2D eigenvalue weighted by Crippen LogP contribution is 2.20. The first kappa shape index (κ1) is 15.8. The van der Waals surface area contributed by atoms with E-state index in [1.54, 1.807) is 0 Å². The lowest BCUT2D eigenvalue weighted by atomic mass is 10.0. The van der Waals surface area contributed by atoms with Gasteiger partial charge in [0.25, 0.3) is 0 Å². The van der Waals surface area contributed by atoms with E-state index in [0.717, 1.165) is 32.4 Å². The largest absolute Gasteiger partial charge is 0.444 e. The molecule has 0 radical (unpaired) electrons. The van der Waals surface area contributed by atoms with Gasteiger partial charge in [-0.1, -0.05) is 5.92 Å². The van der Waals surface area contributed by atoms with Gasteiger partial charge in [0.05, 0.1) is 6.04 Å². The van der Waals surface area contributed by atoms with Crippen LogP contribution in [0, 0.1) is 12.3 Å². The second-order valence-corrected chi connectivity index (χ2v) is 6.12. The van der Waals surface area contributed by atoms with Gasteiger partial charge in [-0.05, 0) is 47.0 Å². The van der Waals surface area contributed by atoms with E-state index < -0.39 is 5.60 Å². The molecular weight excluding hydrogens is 240 g/mol. The molecule has 19 heavy (non-hydrogen) atoms. The molecule has 1 aliphatic heterocycles. The number of amides is 1. The summed E-state index contributed by atoms with van der Waals surface area (Å²) in [6, 6.07) is 0.210. The highest BCUT2D eigenvalue weighted by atomic mass is 16.6. The maximum absolute atomic E-state index is 12.2. The number of carbonyl (C=O) groups is 1. The fourth-order valence-electron chi connectivity index (χ4n) is 2.15. The molecule has 0 bridgehead atoms. The van der Waals surface area contributed by atoms with Crippen LogP contribution in [0.25, 0.3) is 0 Å². The number of hydrogen-bond acceptors (Lipinski definition) is 3. The topological polar surface area (TPSA) is 41.6 Å². The van der Waals surface area contributed by atoms with Gasteiger partial charge in [-0.3, -0.25) is 0 Å². The van der Waals surface area contributed by atoms with E-state index in [1.165, 1.54) is 0 Å². The van der Waals surface area contributed by atoms with Crippen LogP contribution in [0.3, 0.4) is 0 Å². The minimum absolute atomic E-state index is 0.0300. The van der Waals surface area contributed by atoms with Crippen LogP contribution in [0.4, 0.5) is 4.79 Å². The van der Waals surface area contributed by atoms with Crippen molar-refractivity contribution in [2.45, 2.75) is 64.6 Å². The predicted molar refractivity (Wildman–Crippen MR) is 76.9 cm³/mol. The van der Waals surface area contributed by atoms with Crippen LogP contribution in [0.1, 0.15) is 47.0 Å². The van der Waals surface area contributed by atoms with E-state index in [-0.39, 0.29) is 18.2 Å². The maximum atomic E-state index is 12.2. The molecule has 1 fully saturated rings. The normalized spacial score (nSPS) is 21.6. The zero-order chi connectivity index (χ0) is 14.5. The lowest BCUT2D eigenvalue weighted by molar-refractivity contribution is 0.00986. The summed E-state index contributed by atoms with van der Waals surface area (Å²) in [5, 5.41) is 3.26. The van der Waals surface area contributed by atoms with E-state index in [0.29, 0.717) is 0 Å². The van der Waals surface area contributed by atoms with Crippen LogP contribution in [-0.4, -0.2) is 41.8 Å². The van der Waals surface area contributed by atoms with Gasteiger partial charge in [0.2, 0.25) is 0 Å². The molecular formula is C15H26N2O2. The summed E-state index contributed by atoms with van der Waals surface area (Å²) in [5.41, 5.74) is -0.446. The van der Waals surface area contributed by atoms with Gasteiger partial charge < -0.3 is 15.0 Å². The van der Waals surface area contributed by atoms with Gasteiger partial charge in [-0.25, -0.2) is 4.79 Å². The third-order valence-electron chi connectivity index (χ3n) is 3.16. The average molecular weight is 266 g/mol. The number of nitrogens with one attached hydrogen (secondary N) is 1. The van der Waals surface area contributed by atoms with Gasteiger partial charge >= 0.3 is 6.09 Å². The van der Waals surface area contributed by atoms with Crippen LogP contribution in [0.5, 0.6) is 0 Å². The lowest BCUT2D eigenvalue weighted by Crippen LogP contribution is -2.51. The number of ether oxygens (including phenoxy) is 1. The van der Waals surface area contributed by atoms with Gasteiger partial charge in [0.15, 0.2) is 0 Å². The summed E-state index contributed by atoms with van der Waals surface area (Å²) < 4.78 is 5.46. The molecule has 0 aromatic carbocycles. The van der Waals surface area contributed by atoms with Gasteiger partial charge in [0, 0.05) is 19.1 Å². The van der Waals surface area contributed by atoms with Crippen molar-refractivity contribution in [1.29, 1.82) is 0 Å². The zero-order valence-electron chi connectivity index (χ0n) is 12.5. The van der Waals surface area contributed by atoms with Gasteiger partial charge in [-0.15, -0.1) is 6.42 Å². The smallest absolute Gasteiger partial charge is 0.410 e. The van der Waals surface area contributed by atoms with Gasteiger partial charge in [-0.2, -0.15) is 0 Å². The molecule has 4 nitrogen and oxygen atoms in total. The number of rotatable bonds is 3. The molecule has 1 heterocycles. The monoisotopic (exact) mass is 266 g/mol. The second-order valence-electron chi connectivity index (χ2n) is 6.12. The van der Waals surface area contributed by atoms with Crippen molar-refractivity contribution in [2.24, 2.45) is 0 Å². The van der Waals surface area contributed by atoms with E-state index in [4.69, 9.17) is 11.2 Å². The van der Waals surface area contributed by atoms with Gasteiger partial charge in [0.1, 0.15) is 5.60 Å². The average Bonchev–Trinajstić information content (AvgIpc) is 2.34. The van der Waals surface area contributed by atoms with Crippen molar-refractivity contribution in [3.8, 4) is 12.3 Å². The number of hydrogen-bond donors (Lipinski definition) is 1. The van der Waals surface area contributed by atoms with Crippen LogP contribution in [-0.2, 0) is 4.74 Å². The molecule has 108 valence electrons. The zero-order valence-corrected chi connectivity index (χ0v) is 12.5. The first-order valence-electron chi connectivity index (χ1n) is 7.02. The van der Waals surface area contributed by atoms with E-state index in [1.807, 2.05) is 32.6 Å². The fraction of sp³-hybridized carbons (Fsp3) is 0.800. The molecule has 0 aliphatic carbocycles. The Morgan fingerprint density at radius 3 is 2.79 bits per heavy atom. The molecule has 0 aromatic heterocycles. The molecule has 1 aliphatic rings. The first-order chi connectivity index (χ1) is 8.83. The summed E-state index contributed by atoms with van der Waals surface area (Å²) in [7, 11) is 0. The predicted octanol–water partition coefficient (Wildman–Crippen LogP) is 2.39. The Kier molecular flexibility index (Phi) is 5.68. The summed E-state index contributed by atoms with van der Waals surface area (Å²) in [5.74, 6) is 2.64. The summed E-state index contributed by atoms with van der Waals surface area (Å²) in [6.07, 6.45) is 8.33. The molecule has 1 N–H and O–H groups in total. The van der Waals surface area contributed by atoms with E-state index in [9.17, 15) is 4.79 Å². The van der Waals surface area contributed by atoms with Crippen LogP contribution in [0.2, 0.25) is 0 Å². The quantitative estimate of drug-likeness (QED) is 0.797. The molecule has 1 rings (SSSR count).